The fourth-order valence-corrected chi connectivity index (χ4v) is 2.25. The summed E-state index contributed by atoms with van der Waals surface area (Å²) in [5.41, 5.74) is 1.78. The van der Waals surface area contributed by atoms with Gasteiger partial charge in [0.25, 0.3) is 0 Å². The van der Waals surface area contributed by atoms with Gasteiger partial charge in [-0.1, -0.05) is 17.3 Å². The Balaban J connectivity index is 1.55. The van der Waals surface area contributed by atoms with Crippen LogP contribution in [0.15, 0.2) is 35.0 Å². The van der Waals surface area contributed by atoms with Gasteiger partial charge in [-0.05, 0) is 25.0 Å². The second kappa shape index (κ2) is 4.80. The minimum absolute atomic E-state index is 0.483. The number of nitrogens with zero attached hydrogens (tertiary/aromatic N) is 5. The maximum absolute atomic E-state index is 5.27. The van der Waals surface area contributed by atoms with Crippen LogP contribution in [0.4, 0.5) is 5.82 Å². The summed E-state index contributed by atoms with van der Waals surface area (Å²) >= 11 is 0. The molecule has 1 saturated carbocycles. The van der Waals surface area contributed by atoms with E-state index in [2.05, 4.69) is 20.1 Å². The molecule has 1 aromatic carbocycles. The Morgan fingerprint density at radius 2 is 2.00 bits per heavy atom. The highest BCUT2D eigenvalue weighted by Crippen LogP contribution is 2.38. The van der Waals surface area contributed by atoms with Gasteiger partial charge in [0.1, 0.15) is 5.82 Å². The Kier molecular flexibility index (Phi) is 2.80. The van der Waals surface area contributed by atoms with Crippen molar-refractivity contribution in [1.29, 1.82) is 0 Å². The van der Waals surface area contributed by atoms with Crippen LogP contribution >= 0.6 is 0 Å². The van der Waals surface area contributed by atoms with Crippen molar-refractivity contribution in [3.8, 4) is 0 Å². The summed E-state index contributed by atoms with van der Waals surface area (Å²) in [6, 6.07) is 7.83. The van der Waals surface area contributed by atoms with Crippen molar-refractivity contribution in [2.24, 2.45) is 0 Å². The third-order valence-electron chi connectivity index (χ3n) is 3.62. The van der Waals surface area contributed by atoms with E-state index < -0.39 is 0 Å². The van der Waals surface area contributed by atoms with Crippen molar-refractivity contribution < 1.29 is 4.52 Å². The molecule has 6 heteroatoms. The van der Waals surface area contributed by atoms with Crippen LogP contribution < -0.4 is 4.90 Å². The van der Waals surface area contributed by atoms with E-state index in [9.17, 15) is 0 Å². The number of hydrogen-bond donors (Lipinski definition) is 0. The van der Waals surface area contributed by atoms with E-state index in [-0.39, 0.29) is 0 Å². The van der Waals surface area contributed by atoms with Gasteiger partial charge in [0.05, 0.1) is 23.8 Å². The molecule has 0 N–H and O–H groups in total. The van der Waals surface area contributed by atoms with Crippen LogP contribution in [-0.2, 0) is 6.54 Å². The quantitative estimate of drug-likeness (QED) is 0.732. The molecule has 0 atom stereocenters. The van der Waals surface area contributed by atoms with Crippen molar-refractivity contribution in [1.82, 2.24) is 20.1 Å². The summed E-state index contributed by atoms with van der Waals surface area (Å²) < 4.78 is 5.27. The minimum Gasteiger partial charge on any atom is -0.351 e. The standard InChI is InChI=1S/C15H15N5O/c1-20(9-13-18-15(21-19-13)10-6-7-10)14-8-16-11-4-2-3-5-12(11)17-14/h2-5,8,10H,6-7,9H2,1H3. The van der Waals surface area contributed by atoms with Gasteiger partial charge in [0, 0.05) is 13.0 Å². The molecule has 0 aliphatic heterocycles. The molecule has 0 amide bonds. The van der Waals surface area contributed by atoms with Crippen molar-refractivity contribution in [2.45, 2.75) is 25.3 Å². The fraction of sp³-hybridized carbons (Fsp3) is 0.333. The molecule has 0 bridgehead atoms. The number of para-hydroxylation sites is 2. The second-order valence-electron chi connectivity index (χ2n) is 5.40. The Hall–Kier alpha value is -2.50. The van der Waals surface area contributed by atoms with Crippen LogP contribution in [0.5, 0.6) is 0 Å². The van der Waals surface area contributed by atoms with Crippen LogP contribution in [0.1, 0.15) is 30.5 Å². The molecule has 21 heavy (non-hydrogen) atoms. The highest BCUT2D eigenvalue weighted by molar-refractivity contribution is 5.75. The largest absolute Gasteiger partial charge is 0.351 e. The second-order valence-corrected chi connectivity index (χ2v) is 5.40. The molecule has 6 nitrogen and oxygen atoms in total. The molecule has 3 aromatic rings. The van der Waals surface area contributed by atoms with Gasteiger partial charge in [-0.25, -0.2) is 4.98 Å². The molecule has 1 aliphatic carbocycles. The molecule has 1 aliphatic rings. The molecule has 2 heterocycles. The number of fused-ring (bicyclic) bond motifs is 1. The van der Waals surface area contributed by atoms with Crippen molar-refractivity contribution in [3.05, 3.63) is 42.2 Å². The van der Waals surface area contributed by atoms with Crippen molar-refractivity contribution >= 4 is 16.9 Å². The maximum atomic E-state index is 5.27. The molecule has 0 radical (unpaired) electrons. The van der Waals surface area contributed by atoms with Gasteiger partial charge >= 0.3 is 0 Å². The number of anilines is 1. The van der Waals surface area contributed by atoms with Gasteiger partial charge in [-0.3, -0.25) is 4.98 Å². The zero-order valence-corrected chi connectivity index (χ0v) is 11.7. The predicted octanol–water partition coefficient (Wildman–Crippen LogP) is 2.53. The highest BCUT2D eigenvalue weighted by atomic mass is 16.5. The summed E-state index contributed by atoms with van der Waals surface area (Å²) in [5, 5.41) is 4.03. The van der Waals surface area contributed by atoms with Crippen LogP contribution in [-0.4, -0.2) is 27.2 Å². The molecule has 0 saturated heterocycles. The maximum Gasteiger partial charge on any atom is 0.229 e. The summed E-state index contributed by atoms with van der Waals surface area (Å²) in [6.07, 6.45) is 4.09. The molecule has 2 aromatic heterocycles. The minimum atomic E-state index is 0.483. The van der Waals surface area contributed by atoms with E-state index in [1.165, 1.54) is 0 Å². The third-order valence-corrected chi connectivity index (χ3v) is 3.62. The van der Waals surface area contributed by atoms with Crippen LogP contribution in [0.3, 0.4) is 0 Å². The molecule has 0 unspecified atom stereocenters. The van der Waals surface area contributed by atoms with Crippen molar-refractivity contribution in [3.63, 3.8) is 0 Å². The number of aromatic nitrogens is 4. The Bertz CT molecular complexity index is 780. The molecular weight excluding hydrogens is 266 g/mol. The summed E-state index contributed by atoms with van der Waals surface area (Å²) in [6.45, 7) is 0.559. The monoisotopic (exact) mass is 281 g/mol. The molecule has 0 spiro atoms. The SMILES string of the molecule is CN(Cc1noc(C2CC2)n1)c1cnc2ccccc2n1. The average Bonchev–Trinajstić information content (AvgIpc) is 3.27. The summed E-state index contributed by atoms with van der Waals surface area (Å²) in [7, 11) is 1.95. The molecule has 106 valence electrons. The highest BCUT2D eigenvalue weighted by Gasteiger charge is 2.29. The van der Waals surface area contributed by atoms with Gasteiger partial charge in [-0.2, -0.15) is 4.98 Å². The van der Waals surface area contributed by atoms with E-state index in [4.69, 9.17) is 4.52 Å². The summed E-state index contributed by atoms with van der Waals surface area (Å²) in [5.74, 6) is 2.74. The van der Waals surface area contributed by atoms with E-state index >= 15 is 0 Å². The number of benzene rings is 1. The first kappa shape index (κ1) is 12.3. The zero-order valence-electron chi connectivity index (χ0n) is 11.7. The van der Waals surface area contributed by atoms with Gasteiger partial charge in [0.15, 0.2) is 5.82 Å². The van der Waals surface area contributed by atoms with Crippen molar-refractivity contribution in [2.75, 3.05) is 11.9 Å². The molecule has 1 fully saturated rings. The average molecular weight is 281 g/mol. The Morgan fingerprint density at radius 3 is 2.81 bits per heavy atom. The first-order valence-electron chi connectivity index (χ1n) is 7.05. The van der Waals surface area contributed by atoms with E-state index in [1.807, 2.05) is 36.2 Å². The first-order valence-corrected chi connectivity index (χ1v) is 7.05. The lowest BCUT2D eigenvalue weighted by Crippen LogP contribution is -2.18. The molecule has 4 rings (SSSR count). The smallest absolute Gasteiger partial charge is 0.229 e. The van der Waals surface area contributed by atoms with Crippen LogP contribution in [0, 0.1) is 0 Å². The Labute approximate surface area is 121 Å². The van der Waals surface area contributed by atoms with Crippen LogP contribution in [0.25, 0.3) is 11.0 Å². The van der Waals surface area contributed by atoms with E-state index in [0.29, 0.717) is 18.3 Å². The normalized spacial score (nSPS) is 14.5. The first-order chi connectivity index (χ1) is 10.3. The molecular formula is C15H15N5O. The predicted molar refractivity (Wildman–Crippen MR) is 77.9 cm³/mol. The summed E-state index contributed by atoms with van der Waals surface area (Å²) in [4.78, 5) is 15.4. The lowest BCUT2D eigenvalue weighted by Gasteiger charge is -2.15. The lowest BCUT2D eigenvalue weighted by molar-refractivity contribution is 0.374. The van der Waals surface area contributed by atoms with Gasteiger partial charge < -0.3 is 9.42 Å². The topological polar surface area (TPSA) is 67.9 Å². The van der Waals surface area contributed by atoms with Gasteiger partial charge in [-0.15, -0.1) is 0 Å². The van der Waals surface area contributed by atoms with E-state index in [0.717, 1.165) is 35.6 Å². The lowest BCUT2D eigenvalue weighted by atomic mass is 10.3. The van der Waals surface area contributed by atoms with E-state index in [1.54, 1.807) is 6.20 Å². The van der Waals surface area contributed by atoms with Crippen LogP contribution in [0.2, 0.25) is 0 Å². The zero-order chi connectivity index (χ0) is 14.2. The van der Waals surface area contributed by atoms with Gasteiger partial charge in [0.2, 0.25) is 5.89 Å². The number of rotatable bonds is 4. The number of hydrogen-bond acceptors (Lipinski definition) is 6. The Morgan fingerprint density at radius 1 is 1.19 bits per heavy atom. The third kappa shape index (κ3) is 2.44. The fourth-order valence-electron chi connectivity index (χ4n) is 2.25.